The Morgan fingerprint density at radius 1 is 1.44 bits per heavy atom. The van der Waals surface area contributed by atoms with E-state index in [9.17, 15) is 12.8 Å². The van der Waals surface area contributed by atoms with Crippen molar-refractivity contribution in [2.24, 2.45) is 0 Å². The fourth-order valence-electron chi connectivity index (χ4n) is 1.26. The van der Waals surface area contributed by atoms with E-state index in [-0.39, 0.29) is 16.3 Å². The van der Waals surface area contributed by atoms with Crippen LogP contribution in [0.3, 0.4) is 0 Å². The highest BCUT2D eigenvalue weighted by Crippen LogP contribution is 2.18. The molecule has 0 aliphatic rings. The summed E-state index contributed by atoms with van der Waals surface area (Å²) in [6.45, 7) is 0. The highest BCUT2D eigenvalue weighted by molar-refractivity contribution is 7.92. The molecule has 0 saturated heterocycles. The van der Waals surface area contributed by atoms with E-state index in [1.807, 2.05) is 0 Å². The molecule has 1 heterocycles. The van der Waals surface area contributed by atoms with Crippen LogP contribution in [0.25, 0.3) is 0 Å². The van der Waals surface area contributed by atoms with Gasteiger partial charge in [-0.3, -0.25) is 4.72 Å². The van der Waals surface area contributed by atoms with E-state index in [2.05, 4.69) is 14.7 Å². The van der Waals surface area contributed by atoms with Crippen LogP contribution in [-0.2, 0) is 10.0 Å². The first-order chi connectivity index (χ1) is 8.53. The van der Waals surface area contributed by atoms with Crippen molar-refractivity contribution in [2.45, 2.75) is 5.03 Å². The Balaban J connectivity index is 2.33. The Hall–Kier alpha value is -2.40. The van der Waals surface area contributed by atoms with E-state index in [0.717, 1.165) is 12.3 Å². The van der Waals surface area contributed by atoms with Crippen LogP contribution in [0.5, 0.6) is 0 Å². The molecule has 18 heavy (non-hydrogen) atoms. The van der Waals surface area contributed by atoms with Gasteiger partial charge in [0, 0.05) is 0 Å². The lowest BCUT2D eigenvalue weighted by Crippen LogP contribution is -2.14. The number of aromatic nitrogens is 2. The van der Waals surface area contributed by atoms with Crippen molar-refractivity contribution >= 4 is 15.7 Å². The zero-order valence-electron chi connectivity index (χ0n) is 8.88. The summed E-state index contributed by atoms with van der Waals surface area (Å²) in [7, 11) is -3.90. The first-order valence-corrected chi connectivity index (χ1v) is 6.22. The molecule has 0 radical (unpaired) electrons. The third-order valence-corrected chi connectivity index (χ3v) is 3.40. The second-order valence-corrected chi connectivity index (χ2v) is 4.98. The molecule has 0 unspecified atom stereocenters. The number of rotatable bonds is 3. The molecule has 0 bridgehead atoms. The molecular weight excluding hydrogens is 259 g/mol. The van der Waals surface area contributed by atoms with Crippen LogP contribution in [0, 0.1) is 17.1 Å². The number of nitrogens with one attached hydrogen (secondary N) is 2. The Labute approximate surface area is 102 Å². The summed E-state index contributed by atoms with van der Waals surface area (Å²) in [5.74, 6) is -0.822. The maximum absolute atomic E-state index is 13.5. The molecule has 0 atom stereocenters. The molecule has 0 fully saturated rings. The summed E-state index contributed by atoms with van der Waals surface area (Å²) >= 11 is 0. The zero-order chi connectivity index (χ0) is 13.2. The van der Waals surface area contributed by atoms with Gasteiger partial charge in [0.15, 0.2) is 5.03 Å². The number of nitriles is 1. The maximum Gasteiger partial charge on any atom is 0.279 e. The standard InChI is InChI=1S/C10H7FN4O2S/c11-8-3-7(4-12)1-2-9(8)15-18(16,17)10-5-13-6-14-10/h1-3,5-6,15H,(H,13,14). The molecule has 6 nitrogen and oxygen atoms in total. The van der Waals surface area contributed by atoms with Gasteiger partial charge in [-0.25, -0.2) is 9.37 Å². The van der Waals surface area contributed by atoms with Crippen LogP contribution in [0.1, 0.15) is 5.56 Å². The Morgan fingerprint density at radius 3 is 2.78 bits per heavy atom. The minimum atomic E-state index is -3.90. The van der Waals surface area contributed by atoms with Crippen LogP contribution in [0.4, 0.5) is 10.1 Å². The lowest BCUT2D eigenvalue weighted by Gasteiger charge is -2.07. The van der Waals surface area contributed by atoms with Crippen LogP contribution in [0.2, 0.25) is 0 Å². The molecule has 0 aliphatic carbocycles. The molecule has 1 aromatic carbocycles. The predicted molar refractivity (Wildman–Crippen MR) is 60.5 cm³/mol. The summed E-state index contributed by atoms with van der Waals surface area (Å²) in [6.07, 6.45) is 2.30. The van der Waals surface area contributed by atoms with E-state index >= 15 is 0 Å². The first kappa shape index (κ1) is 12.1. The number of hydrogen-bond donors (Lipinski definition) is 2. The van der Waals surface area contributed by atoms with E-state index in [4.69, 9.17) is 5.26 Å². The van der Waals surface area contributed by atoms with Gasteiger partial charge < -0.3 is 4.98 Å². The van der Waals surface area contributed by atoms with Crippen molar-refractivity contribution in [2.75, 3.05) is 4.72 Å². The van der Waals surface area contributed by atoms with Gasteiger partial charge in [-0.15, -0.1) is 0 Å². The van der Waals surface area contributed by atoms with Crippen LogP contribution < -0.4 is 4.72 Å². The minimum absolute atomic E-state index is 0.108. The van der Waals surface area contributed by atoms with Crippen molar-refractivity contribution in [1.29, 1.82) is 5.26 Å². The van der Waals surface area contributed by atoms with Gasteiger partial charge in [-0.05, 0) is 18.2 Å². The normalized spacial score (nSPS) is 10.9. The molecule has 2 rings (SSSR count). The smallest absolute Gasteiger partial charge is 0.279 e. The van der Waals surface area contributed by atoms with Gasteiger partial charge in [-0.1, -0.05) is 0 Å². The monoisotopic (exact) mass is 266 g/mol. The minimum Gasteiger partial charge on any atom is -0.334 e. The molecule has 0 amide bonds. The lowest BCUT2D eigenvalue weighted by atomic mass is 10.2. The molecule has 92 valence electrons. The highest BCUT2D eigenvalue weighted by atomic mass is 32.2. The zero-order valence-corrected chi connectivity index (χ0v) is 9.70. The quantitative estimate of drug-likeness (QED) is 0.872. The summed E-state index contributed by atoms with van der Waals surface area (Å²) in [6, 6.07) is 5.20. The van der Waals surface area contributed by atoms with E-state index < -0.39 is 15.8 Å². The fourth-order valence-corrected chi connectivity index (χ4v) is 2.23. The topological polar surface area (TPSA) is 98.6 Å². The summed E-state index contributed by atoms with van der Waals surface area (Å²) in [5, 5.41) is 8.39. The molecule has 0 saturated carbocycles. The van der Waals surface area contributed by atoms with Crippen molar-refractivity contribution < 1.29 is 12.8 Å². The van der Waals surface area contributed by atoms with Crippen molar-refractivity contribution in [1.82, 2.24) is 9.97 Å². The largest absolute Gasteiger partial charge is 0.334 e. The van der Waals surface area contributed by atoms with Gasteiger partial charge in [0.05, 0.1) is 29.8 Å². The Kier molecular flexibility index (Phi) is 2.99. The van der Waals surface area contributed by atoms with Crippen molar-refractivity contribution in [3.63, 3.8) is 0 Å². The van der Waals surface area contributed by atoms with E-state index in [1.54, 1.807) is 6.07 Å². The third-order valence-electron chi connectivity index (χ3n) is 2.11. The molecule has 1 aromatic heterocycles. The van der Waals surface area contributed by atoms with Crippen LogP contribution >= 0.6 is 0 Å². The maximum atomic E-state index is 13.5. The number of sulfonamides is 1. The summed E-state index contributed by atoms with van der Waals surface area (Å²) < 4.78 is 39.1. The van der Waals surface area contributed by atoms with Crippen LogP contribution in [-0.4, -0.2) is 18.4 Å². The Bertz CT molecular complexity index is 704. The van der Waals surface area contributed by atoms with E-state index in [0.29, 0.717) is 0 Å². The van der Waals surface area contributed by atoms with Crippen molar-refractivity contribution in [3.8, 4) is 6.07 Å². The second-order valence-electron chi connectivity index (χ2n) is 3.33. The number of imidazole rings is 1. The van der Waals surface area contributed by atoms with Crippen molar-refractivity contribution in [3.05, 3.63) is 42.1 Å². The molecular formula is C10H7FN4O2S. The first-order valence-electron chi connectivity index (χ1n) is 4.74. The predicted octanol–water partition coefficient (Wildman–Crippen LogP) is 1.22. The number of hydrogen-bond acceptors (Lipinski definition) is 4. The second kappa shape index (κ2) is 4.46. The van der Waals surface area contributed by atoms with Gasteiger partial charge in [0.2, 0.25) is 0 Å². The third kappa shape index (κ3) is 2.31. The number of aromatic amines is 1. The van der Waals surface area contributed by atoms with Gasteiger partial charge in [0.1, 0.15) is 5.82 Å². The SMILES string of the molecule is N#Cc1ccc(NS(=O)(=O)c2cnc[nH]2)c(F)c1. The average Bonchev–Trinajstić information content (AvgIpc) is 2.86. The fraction of sp³-hybridized carbons (Fsp3) is 0. The summed E-state index contributed by atoms with van der Waals surface area (Å²) in [5.41, 5.74) is -0.124. The van der Waals surface area contributed by atoms with Gasteiger partial charge in [-0.2, -0.15) is 13.7 Å². The van der Waals surface area contributed by atoms with Gasteiger partial charge in [0.25, 0.3) is 10.0 Å². The molecule has 8 heteroatoms. The van der Waals surface area contributed by atoms with E-state index in [1.165, 1.54) is 18.5 Å². The highest BCUT2D eigenvalue weighted by Gasteiger charge is 2.17. The molecule has 2 aromatic rings. The van der Waals surface area contributed by atoms with Crippen LogP contribution in [0.15, 0.2) is 35.7 Å². The number of anilines is 1. The number of nitrogens with zero attached hydrogens (tertiary/aromatic N) is 2. The number of H-pyrrole nitrogens is 1. The average molecular weight is 266 g/mol. The summed E-state index contributed by atoms with van der Waals surface area (Å²) in [4.78, 5) is 5.97. The molecule has 0 spiro atoms. The number of halogens is 1. The Morgan fingerprint density at radius 2 is 2.22 bits per heavy atom. The lowest BCUT2D eigenvalue weighted by molar-refractivity contribution is 0.595. The number of benzene rings is 1. The molecule has 0 aliphatic heterocycles. The van der Waals surface area contributed by atoms with Gasteiger partial charge >= 0.3 is 0 Å². The molecule has 2 N–H and O–H groups in total.